The Bertz CT molecular complexity index is 632. The van der Waals surface area contributed by atoms with Crippen LogP contribution in [0.1, 0.15) is 17.5 Å². The number of pyridine rings is 1. The summed E-state index contributed by atoms with van der Waals surface area (Å²) in [4.78, 5) is 8.84. The van der Waals surface area contributed by atoms with E-state index in [1.165, 1.54) is 5.56 Å². The van der Waals surface area contributed by atoms with Crippen LogP contribution in [0, 0.1) is 6.92 Å². The zero-order valence-corrected chi connectivity index (χ0v) is 11.4. The Morgan fingerprint density at radius 3 is 2.89 bits per heavy atom. The van der Waals surface area contributed by atoms with E-state index in [9.17, 15) is 0 Å². The van der Waals surface area contributed by atoms with Gasteiger partial charge < -0.3 is 5.32 Å². The van der Waals surface area contributed by atoms with Crippen molar-refractivity contribution < 1.29 is 0 Å². The van der Waals surface area contributed by atoms with E-state index in [-0.39, 0.29) is 0 Å². The Kier molecular flexibility index (Phi) is 3.22. The van der Waals surface area contributed by atoms with Crippen LogP contribution in [0.2, 0.25) is 5.02 Å². The molecule has 2 heterocycles. The van der Waals surface area contributed by atoms with Crippen molar-refractivity contribution in [3.63, 3.8) is 0 Å². The molecule has 0 bridgehead atoms. The van der Waals surface area contributed by atoms with Crippen molar-refractivity contribution in [2.75, 3.05) is 5.32 Å². The van der Waals surface area contributed by atoms with Crippen molar-refractivity contribution in [3.05, 3.63) is 52.7 Å². The van der Waals surface area contributed by atoms with Crippen molar-refractivity contribution in [2.24, 2.45) is 4.99 Å². The lowest BCUT2D eigenvalue weighted by atomic mass is 10.0. The Labute approximate surface area is 117 Å². The Morgan fingerprint density at radius 1 is 1.21 bits per heavy atom. The minimum atomic E-state index is 0.741. The number of rotatable bonds is 1. The van der Waals surface area contributed by atoms with E-state index in [0.717, 1.165) is 40.8 Å². The average molecular weight is 272 g/mol. The summed E-state index contributed by atoms with van der Waals surface area (Å²) in [7, 11) is 0. The van der Waals surface area contributed by atoms with Crippen LogP contribution in [0.5, 0.6) is 0 Å². The van der Waals surface area contributed by atoms with E-state index in [4.69, 9.17) is 11.6 Å². The van der Waals surface area contributed by atoms with Crippen molar-refractivity contribution in [3.8, 4) is 0 Å². The number of halogens is 1. The highest BCUT2D eigenvalue weighted by Crippen LogP contribution is 2.26. The molecule has 1 aliphatic rings. The zero-order chi connectivity index (χ0) is 13.2. The van der Waals surface area contributed by atoms with Gasteiger partial charge in [0.15, 0.2) is 5.82 Å². The molecule has 0 unspecified atom stereocenters. The van der Waals surface area contributed by atoms with Gasteiger partial charge in [-0.3, -0.25) is 0 Å². The molecule has 1 aliphatic heterocycles. The Hall–Kier alpha value is -1.87. The third kappa shape index (κ3) is 2.76. The molecule has 0 saturated carbocycles. The number of nitrogens with zero attached hydrogens (tertiary/aromatic N) is 2. The van der Waals surface area contributed by atoms with Crippen molar-refractivity contribution in [1.29, 1.82) is 0 Å². The van der Waals surface area contributed by atoms with E-state index >= 15 is 0 Å². The molecule has 0 saturated heterocycles. The van der Waals surface area contributed by atoms with Gasteiger partial charge in [-0.2, -0.15) is 0 Å². The molecule has 0 fully saturated rings. The van der Waals surface area contributed by atoms with Gasteiger partial charge in [0.1, 0.15) is 5.84 Å². The first-order valence-electron chi connectivity index (χ1n) is 6.26. The molecule has 3 rings (SSSR count). The van der Waals surface area contributed by atoms with Gasteiger partial charge in [-0.1, -0.05) is 17.7 Å². The second kappa shape index (κ2) is 5.02. The van der Waals surface area contributed by atoms with Crippen LogP contribution in [-0.4, -0.2) is 10.8 Å². The smallest absolute Gasteiger partial charge is 0.153 e. The largest absolute Gasteiger partial charge is 0.343 e. The molecule has 1 aromatic heterocycles. The number of nitrogens with one attached hydrogen (secondary N) is 1. The summed E-state index contributed by atoms with van der Waals surface area (Å²) in [5.41, 5.74) is 3.46. The van der Waals surface area contributed by atoms with E-state index in [1.54, 1.807) is 0 Å². The fraction of sp³-hybridized carbons (Fsp3) is 0.200. The van der Waals surface area contributed by atoms with E-state index < -0.39 is 0 Å². The molecule has 19 heavy (non-hydrogen) atoms. The first-order valence-corrected chi connectivity index (χ1v) is 6.64. The van der Waals surface area contributed by atoms with Crippen molar-refractivity contribution in [2.45, 2.75) is 19.8 Å². The van der Waals surface area contributed by atoms with Crippen LogP contribution in [0.15, 0.2) is 41.5 Å². The second-order valence-electron chi connectivity index (χ2n) is 4.68. The van der Waals surface area contributed by atoms with Crippen molar-refractivity contribution >= 4 is 28.9 Å². The number of benzene rings is 1. The number of aliphatic imine (C=N–C) groups is 1. The number of hydrogen-bond acceptors (Lipinski definition) is 2. The molecule has 0 atom stereocenters. The van der Waals surface area contributed by atoms with Crippen LogP contribution >= 0.6 is 11.6 Å². The van der Waals surface area contributed by atoms with Crippen molar-refractivity contribution in [1.82, 2.24) is 4.98 Å². The number of hydrogen-bond donors (Lipinski definition) is 1. The maximum absolute atomic E-state index is 5.99. The first kappa shape index (κ1) is 12.2. The minimum absolute atomic E-state index is 0.741. The molecule has 96 valence electrons. The predicted octanol–water partition coefficient (Wildman–Crippen LogP) is 4.13. The molecule has 3 nitrogen and oxygen atoms in total. The van der Waals surface area contributed by atoms with Crippen LogP contribution in [0.25, 0.3) is 0 Å². The van der Waals surface area contributed by atoms with Gasteiger partial charge in [-0.25, -0.2) is 9.98 Å². The fourth-order valence-electron chi connectivity index (χ4n) is 2.11. The molecule has 0 radical (unpaired) electrons. The highest BCUT2D eigenvalue weighted by atomic mass is 35.5. The SMILES string of the molecule is Cc1ccc(N=C2CCc3cc(Cl)ccc3N2)nc1. The maximum Gasteiger partial charge on any atom is 0.153 e. The molecular formula is C15H14ClN3. The van der Waals surface area contributed by atoms with Gasteiger partial charge >= 0.3 is 0 Å². The van der Waals surface area contributed by atoms with Gasteiger partial charge in [-0.05, 0) is 48.7 Å². The molecule has 0 amide bonds. The zero-order valence-electron chi connectivity index (χ0n) is 10.7. The van der Waals surface area contributed by atoms with Crippen LogP contribution in [0.3, 0.4) is 0 Å². The Morgan fingerprint density at radius 2 is 2.11 bits per heavy atom. The van der Waals surface area contributed by atoms with Gasteiger partial charge in [0.2, 0.25) is 0 Å². The van der Waals surface area contributed by atoms with Crippen LogP contribution < -0.4 is 5.32 Å². The highest BCUT2D eigenvalue weighted by molar-refractivity contribution is 6.30. The number of aryl methyl sites for hydroxylation is 2. The lowest BCUT2D eigenvalue weighted by molar-refractivity contribution is 1.01. The van der Waals surface area contributed by atoms with Gasteiger partial charge in [-0.15, -0.1) is 0 Å². The number of aromatic nitrogens is 1. The average Bonchev–Trinajstić information content (AvgIpc) is 2.42. The summed E-state index contributed by atoms with van der Waals surface area (Å²) in [6.07, 6.45) is 3.66. The monoisotopic (exact) mass is 271 g/mol. The quantitative estimate of drug-likeness (QED) is 0.847. The minimum Gasteiger partial charge on any atom is -0.343 e. The van der Waals surface area contributed by atoms with Crippen LogP contribution in [-0.2, 0) is 6.42 Å². The molecule has 4 heteroatoms. The molecule has 2 aromatic rings. The summed E-state index contributed by atoms with van der Waals surface area (Å²) < 4.78 is 0. The van der Waals surface area contributed by atoms with Gasteiger partial charge in [0, 0.05) is 23.3 Å². The van der Waals surface area contributed by atoms with Gasteiger partial charge in [0.25, 0.3) is 0 Å². The summed E-state index contributed by atoms with van der Waals surface area (Å²) in [5, 5.41) is 4.12. The summed E-state index contributed by atoms with van der Waals surface area (Å²) >= 11 is 5.99. The van der Waals surface area contributed by atoms with Gasteiger partial charge in [0.05, 0.1) is 0 Å². The first-order chi connectivity index (χ1) is 9.20. The molecule has 0 spiro atoms. The lowest BCUT2D eigenvalue weighted by Gasteiger charge is -2.19. The van der Waals surface area contributed by atoms with Crippen LogP contribution in [0.4, 0.5) is 11.5 Å². The Balaban J connectivity index is 1.85. The lowest BCUT2D eigenvalue weighted by Crippen LogP contribution is -2.19. The normalized spacial score (nSPS) is 16.0. The third-order valence-corrected chi connectivity index (χ3v) is 3.36. The van der Waals surface area contributed by atoms with E-state index in [2.05, 4.69) is 15.3 Å². The highest BCUT2D eigenvalue weighted by Gasteiger charge is 2.13. The third-order valence-electron chi connectivity index (χ3n) is 3.12. The number of anilines is 1. The number of fused-ring (bicyclic) bond motifs is 1. The predicted molar refractivity (Wildman–Crippen MR) is 79.5 cm³/mol. The topological polar surface area (TPSA) is 37.3 Å². The summed E-state index contributed by atoms with van der Waals surface area (Å²) in [6.45, 7) is 2.02. The fourth-order valence-corrected chi connectivity index (χ4v) is 2.31. The molecular weight excluding hydrogens is 258 g/mol. The van der Waals surface area contributed by atoms with E-state index in [1.807, 2.05) is 43.5 Å². The number of amidine groups is 1. The molecule has 0 aliphatic carbocycles. The summed E-state index contributed by atoms with van der Waals surface area (Å²) in [6, 6.07) is 9.84. The maximum atomic E-state index is 5.99. The second-order valence-corrected chi connectivity index (χ2v) is 5.12. The standard InChI is InChI=1S/C15H14ClN3/c1-10-2-6-14(17-9-10)19-15-7-3-11-8-12(16)4-5-13(11)18-15/h2,4-6,8-9H,3,7H2,1H3,(H,17,18,19). The molecule has 1 N–H and O–H groups in total. The summed E-state index contributed by atoms with van der Waals surface area (Å²) in [5.74, 6) is 1.69. The van der Waals surface area contributed by atoms with E-state index in [0.29, 0.717) is 0 Å². The molecule has 1 aromatic carbocycles.